The molecule has 7 heteroatoms. The summed E-state index contributed by atoms with van der Waals surface area (Å²) < 4.78 is 10.6. The van der Waals surface area contributed by atoms with Crippen molar-refractivity contribution in [2.45, 2.75) is 25.8 Å². The lowest BCUT2D eigenvalue weighted by atomic mass is 10.1. The highest BCUT2D eigenvalue weighted by atomic mass is 16.5. The maximum atomic E-state index is 12.9. The van der Waals surface area contributed by atoms with Crippen LogP contribution in [0.4, 0.5) is 0 Å². The van der Waals surface area contributed by atoms with E-state index in [9.17, 15) is 4.79 Å². The second-order valence-corrected chi connectivity index (χ2v) is 6.57. The Morgan fingerprint density at radius 2 is 2.19 bits per heavy atom. The second-order valence-electron chi connectivity index (χ2n) is 6.57. The standard InChI is InChI=1S/C20H20N4O3/c1-13-5-3-6-14(11-13)18-22-19(27-23-18)16-7-4-10-24(16)20(25)15-8-9-17(26-2)21-12-15/h3,5-6,8-9,11-12,16H,4,7,10H2,1-2H3. The van der Waals surface area contributed by atoms with Gasteiger partial charge in [0.25, 0.3) is 5.91 Å². The highest BCUT2D eigenvalue weighted by Gasteiger charge is 2.34. The highest BCUT2D eigenvalue weighted by molar-refractivity contribution is 5.94. The fourth-order valence-electron chi connectivity index (χ4n) is 3.33. The molecule has 27 heavy (non-hydrogen) atoms. The third kappa shape index (κ3) is 3.40. The van der Waals surface area contributed by atoms with Crippen molar-refractivity contribution in [2.24, 2.45) is 0 Å². The van der Waals surface area contributed by atoms with Crippen molar-refractivity contribution in [3.05, 3.63) is 59.6 Å². The summed E-state index contributed by atoms with van der Waals surface area (Å²) in [5.41, 5.74) is 2.55. The van der Waals surface area contributed by atoms with Crippen LogP contribution in [-0.2, 0) is 0 Å². The van der Waals surface area contributed by atoms with Gasteiger partial charge in [-0.3, -0.25) is 4.79 Å². The average molecular weight is 364 g/mol. The minimum atomic E-state index is -0.217. The smallest absolute Gasteiger partial charge is 0.256 e. The summed E-state index contributed by atoms with van der Waals surface area (Å²) >= 11 is 0. The Bertz CT molecular complexity index is 952. The molecule has 0 spiro atoms. The van der Waals surface area contributed by atoms with Gasteiger partial charge in [0, 0.05) is 24.4 Å². The zero-order chi connectivity index (χ0) is 18.8. The average Bonchev–Trinajstić information content (AvgIpc) is 3.37. The van der Waals surface area contributed by atoms with E-state index < -0.39 is 0 Å². The molecule has 3 heterocycles. The van der Waals surface area contributed by atoms with Gasteiger partial charge in [-0.25, -0.2) is 4.98 Å². The van der Waals surface area contributed by atoms with Crippen LogP contribution < -0.4 is 4.74 Å². The lowest BCUT2D eigenvalue weighted by Crippen LogP contribution is -2.30. The Balaban J connectivity index is 1.57. The number of ether oxygens (including phenoxy) is 1. The molecule has 0 radical (unpaired) electrons. The van der Waals surface area contributed by atoms with Gasteiger partial charge in [0.1, 0.15) is 6.04 Å². The molecule has 2 aromatic heterocycles. The summed E-state index contributed by atoms with van der Waals surface area (Å²) in [6.45, 7) is 2.67. The number of hydrogen-bond donors (Lipinski definition) is 0. The van der Waals surface area contributed by atoms with Crippen molar-refractivity contribution in [2.75, 3.05) is 13.7 Å². The van der Waals surface area contributed by atoms with Crippen LogP contribution in [0.15, 0.2) is 47.1 Å². The molecule has 4 rings (SSSR count). The van der Waals surface area contributed by atoms with E-state index >= 15 is 0 Å². The van der Waals surface area contributed by atoms with Gasteiger partial charge in [-0.05, 0) is 31.9 Å². The number of benzene rings is 1. The largest absolute Gasteiger partial charge is 0.481 e. The molecule has 1 unspecified atom stereocenters. The van der Waals surface area contributed by atoms with Crippen molar-refractivity contribution >= 4 is 5.91 Å². The first-order chi connectivity index (χ1) is 13.2. The van der Waals surface area contributed by atoms with Gasteiger partial charge < -0.3 is 14.2 Å². The molecule has 1 saturated heterocycles. The summed E-state index contributed by atoms with van der Waals surface area (Å²) in [5.74, 6) is 1.39. The number of rotatable bonds is 4. The van der Waals surface area contributed by atoms with E-state index in [-0.39, 0.29) is 11.9 Å². The van der Waals surface area contributed by atoms with Crippen LogP contribution in [-0.4, -0.2) is 39.6 Å². The van der Waals surface area contributed by atoms with Crippen LogP contribution in [0.5, 0.6) is 5.88 Å². The molecular weight excluding hydrogens is 344 g/mol. The SMILES string of the molecule is COc1ccc(C(=O)N2CCCC2c2nc(-c3cccc(C)c3)no2)cn1. The maximum absolute atomic E-state index is 12.9. The van der Waals surface area contributed by atoms with Crippen LogP contribution in [0.25, 0.3) is 11.4 Å². The molecule has 3 aromatic rings. The summed E-state index contributed by atoms with van der Waals surface area (Å²) in [6, 6.07) is 11.1. The predicted octanol–water partition coefficient (Wildman–Crippen LogP) is 3.43. The Kier molecular flexibility index (Phi) is 4.58. The fourth-order valence-corrected chi connectivity index (χ4v) is 3.33. The van der Waals surface area contributed by atoms with Crippen molar-refractivity contribution in [1.29, 1.82) is 0 Å². The molecule has 0 bridgehead atoms. The predicted molar refractivity (Wildman–Crippen MR) is 98.3 cm³/mol. The minimum Gasteiger partial charge on any atom is -0.481 e. The van der Waals surface area contributed by atoms with Gasteiger partial charge in [-0.2, -0.15) is 4.98 Å². The van der Waals surface area contributed by atoms with Crippen molar-refractivity contribution < 1.29 is 14.1 Å². The first kappa shape index (κ1) is 17.2. The van der Waals surface area contributed by atoms with Crippen molar-refractivity contribution in [1.82, 2.24) is 20.0 Å². The maximum Gasteiger partial charge on any atom is 0.256 e. The van der Waals surface area contributed by atoms with E-state index in [2.05, 4.69) is 15.1 Å². The molecule has 1 aromatic carbocycles. The molecule has 7 nitrogen and oxygen atoms in total. The van der Waals surface area contributed by atoms with Crippen LogP contribution in [0.1, 0.15) is 40.7 Å². The summed E-state index contributed by atoms with van der Waals surface area (Å²) in [5, 5.41) is 4.11. The Hall–Kier alpha value is -3.22. The highest BCUT2D eigenvalue weighted by Crippen LogP contribution is 2.33. The van der Waals surface area contributed by atoms with E-state index in [4.69, 9.17) is 9.26 Å². The summed E-state index contributed by atoms with van der Waals surface area (Å²) in [7, 11) is 1.54. The molecule has 1 atom stereocenters. The van der Waals surface area contributed by atoms with E-state index in [1.165, 1.54) is 6.20 Å². The number of pyridine rings is 1. The number of carbonyl (C=O) groups excluding carboxylic acids is 1. The van der Waals surface area contributed by atoms with Gasteiger partial charge >= 0.3 is 0 Å². The summed E-state index contributed by atoms with van der Waals surface area (Å²) in [6.07, 6.45) is 3.22. The molecule has 1 aliphatic heterocycles. The molecule has 0 N–H and O–H groups in total. The van der Waals surface area contributed by atoms with Crippen LogP contribution in [0, 0.1) is 6.92 Å². The topological polar surface area (TPSA) is 81.4 Å². The van der Waals surface area contributed by atoms with Gasteiger partial charge in [0.2, 0.25) is 17.6 Å². The Morgan fingerprint density at radius 3 is 2.93 bits per heavy atom. The number of aryl methyl sites for hydroxylation is 1. The van der Waals surface area contributed by atoms with Crippen molar-refractivity contribution in [3.63, 3.8) is 0 Å². The van der Waals surface area contributed by atoms with Gasteiger partial charge in [0.05, 0.1) is 12.7 Å². The van der Waals surface area contributed by atoms with E-state index in [1.54, 1.807) is 24.1 Å². The molecule has 1 fully saturated rings. The van der Waals surface area contributed by atoms with Crippen molar-refractivity contribution in [3.8, 4) is 17.3 Å². The van der Waals surface area contributed by atoms with Crippen LogP contribution >= 0.6 is 0 Å². The summed E-state index contributed by atoms with van der Waals surface area (Å²) in [4.78, 5) is 23.4. The lowest BCUT2D eigenvalue weighted by Gasteiger charge is -2.21. The molecule has 1 aliphatic rings. The van der Waals surface area contributed by atoms with Crippen LogP contribution in [0.3, 0.4) is 0 Å². The normalized spacial score (nSPS) is 16.5. The number of hydrogen-bond acceptors (Lipinski definition) is 6. The van der Waals surface area contributed by atoms with E-state index in [1.807, 2.05) is 31.2 Å². The molecule has 0 saturated carbocycles. The quantitative estimate of drug-likeness (QED) is 0.705. The third-order valence-corrected chi connectivity index (χ3v) is 4.71. The van der Waals surface area contributed by atoms with E-state index in [0.29, 0.717) is 29.7 Å². The molecule has 1 amide bonds. The number of methoxy groups -OCH3 is 1. The zero-order valence-corrected chi connectivity index (χ0v) is 15.3. The first-order valence-electron chi connectivity index (χ1n) is 8.87. The van der Waals surface area contributed by atoms with Gasteiger partial charge in [-0.1, -0.05) is 28.9 Å². The number of likely N-dealkylation sites (tertiary alicyclic amines) is 1. The Morgan fingerprint density at radius 1 is 1.30 bits per heavy atom. The van der Waals surface area contributed by atoms with Crippen LogP contribution in [0.2, 0.25) is 0 Å². The molecule has 0 aliphatic carbocycles. The fraction of sp³-hybridized carbons (Fsp3) is 0.300. The zero-order valence-electron chi connectivity index (χ0n) is 15.3. The monoisotopic (exact) mass is 364 g/mol. The Labute approximate surface area is 157 Å². The molecular formula is C20H20N4O3. The lowest BCUT2D eigenvalue weighted by molar-refractivity contribution is 0.0709. The second kappa shape index (κ2) is 7.19. The number of amides is 1. The minimum absolute atomic E-state index is 0.0945. The number of nitrogens with zero attached hydrogens (tertiary/aromatic N) is 4. The van der Waals surface area contributed by atoms with Gasteiger partial charge in [0.15, 0.2) is 0 Å². The van der Waals surface area contributed by atoms with E-state index in [0.717, 1.165) is 24.0 Å². The van der Waals surface area contributed by atoms with Gasteiger partial charge in [-0.15, -0.1) is 0 Å². The number of aromatic nitrogens is 3. The molecule has 138 valence electrons. The number of carbonyl (C=O) groups is 1. The first-order valence-corrected chi connectivity index (χ1v) is 8.87. The third-order valence-electron chi connectivity index (χ3n) is 4.71.